The van der Waals surface area contributed by atoms with E-state index in [2.05, 4.69) is 20.6 Å². The number of rotatable bonds is 5. The number of nitrogens with one attached hydrogen (secondary N) is 2. The Kier molecular flexibility index (Phi) is 5.18. The van der Waals surface area contributed by atoms with Crippen molar-refractivity contribution in [1.29, 1.82) is 0 Å². The Bertz CT molecular complexity index is 845. The summed E-state index contributed by atoms with van der Waals surface area (Å²) in [7, 11) is 0. The number of amides is 1. The number of piperazine rings is 1. The second-order valence-electron chi connectivity index (χ2n) is 6.99. The molecular formula is C19H23F2N5O. The summed E-state index contributed by atoms with van der Waals surface area (Å²) >= 11 is 0. The molecule has 0 radical (unpaired) electrons. The fraction of sp³-hybridized carbons (Fsp3) is 0.474. The first-order valence-corrected chi connectivity index (χ1v) is 9.41. The Balaban J connectivity index is 1.49. The molecule has 2 aliphatic rings. The van der Waals surface area contributed by atoms with Gasteiger partial charge in [0.25, 0.3) is 5.91 Å². The van der Waals surface area contributed by atoms with Crippen LogP contribution in [0.15, 0.2) is 18.2 Å². The molecule has 0 bridgehead atoms. The minimum absolute atomic E-state index is 0.204. The van der Waals surface area contributed by atoms with Crippen molar-refractivity contribution in [2.24, 2.45) is 0 Å². The topological polar surface area (TPSA) is 62.2 Å². The highest BCUT2D eigenvalue weighted by Gasteiger charge is 2.27. The Morgan fingerprint density at radius 3 is 2.78 bits per heavy atom. The van der Waals surface area contributed by atoms with Gasteiger partial charge >= 0.3 is 0 Å². The van der Waals surface area contributed by atoms with Gasteiger partial charge in [-0.2, -0.15) is 5.10 Å². The van der Waals surface area contributed by atoms with Gasteiger partial charge in [0.1, 0.15) is 0 Å². The number of hydrogen-bond acceptors (Lipinski definition) is 4. The van der Waals surface area contributed by atoms with E-state index < -0.39 is 11.6 Å². The number of nitrogens with zero attached hydrogens (tertiary/aromatic N) is 3. The van der Waals surface area contributed by atoms with Crippen LogP contribution in [0.1, 0.15) is 28.2 Å². The second-order valence-corrected chi connectivity index (χ2v) is 6.99. The molecule has 0 unspecified atom stereocenters. The number of hydrogen-bond donors (Lipinski definition) is 2. The highest BCUT2D eigenvalue weighted by atomic mass is 19.2. The van der Waals surface area contributed by atoms with Crippen molar-refractivity contribution in [1.82, 2.24) is 25.3 Å². The summed E-state index contributed by atoms with van der Waals surface area (Å²) in [5.74, 6) is -2.02. The van der Waals surface area contributed by atoms with Crippen molar-refractivity contribution in [3.05, 3.63) is 46.8 Å². The summed E-state index contributed by atoms with van der Waals surface area (Å²) in [4.78, 5) is 15.0. The van der Waals surface area contributed by atoms with Gasteiger partial charge in [0.2, 0.25) is 0 Å². The summed E-state index contributed by atoms with van der Waals surface area (Å²) in [6.07, 6.45) is 2.48. The quantitative estimate of drug-likeness (QED) is 0.826. The SMILES string of the molecule is O=C(NCCN1CCNCC1)c1nn(-c2ccc(F)c(F)c2)c2c1CCC2. The van der Waals surface area contributed by atoms with E-state index in [1.54, 1.807) is 4.68 Å². The number of halogens is 2. The molecule has 144 valence electrons. The van der Waals surface area contributed by atoms with E-state index in [9.17, 15) is 13.6 Å². The molecule has 1 aromatic heterocycles. The number of aromatic nitrogens is 2. The lowest BCUT2D eigenvalue weighted by Crippen LogP contribution is -2.46. The van der Waals surface area contributed by atoms with Crippen LogP contribution in [-0.2, 0) is 12.8 Å². The van der Waals surface area contributed by atoms with Crippen molar-refractivity contribution in [2.45, 2.75) is 19.3 Å². The maximum atomic E-state index is 13.6. The molecule has 0 atom stereocenters. The molecule has 1 aromatic carbocycles. The van der Waals surface area contributed by atoms with E-state index in [1.165, 1.54) is 6.07 Å². The standard InChI is InChI=1S/C19H23F2N5O/c20-15-5-4-13(12-16(15)21)26-17-3-1-2-14(17)18(24-26)19(27)23-8-11-25-9-6-22-7-10-25/h4-5,12,22H,1-3,6-11H2,(H,23,27). The van der Waals surface area contributed by atoms with Crippen LogP contribution >= 0.6 is 0 Å². The third kappa shape index (κ3) is 3.72. The highest BCUT2D eigenvalue weighted by molar-refractivity contribution is 5.94. The predicted molar refractivity (Wildman–Crippen MR) is 97.1 cm³/mol. The van der Waals surface area contributed by atoms with Gasteiger partial charge in [-0.05, 0) is 31.4 Å². The van der Waals surface area contributed by atoms with E-state index in [4.69, 9.17) is 0 Å². The Morgan fingerprint density at radius 1 is 1.19 bits per heavy atom. The molecular weight excluding hydrogens is 352 g/mol. The fourth-order valence-corrected chi connectivity index (χ4v) is 3.80. The zero-order valence-electron chi connectivity index (χ0n) is 15.1. The molecule has 2 aromatic rings. The van der Waals surface area contributed by atoms with E-state index >= 15 is 0 Å². The highest BCUT2D eigenvalue weighted by Crippen LogP contribution is 2.28. The molecule has 2 heterocycles. The van der Waals surface area contributed by atoms with Crippen LogP contribution in [0.2, 0.25) is 0 Å². The molecule has 0 spiro atoms. The third-order valence-electron chi connectivity index (χ3n) is 5.22. The fourth-order valence-electron chi connectivity index (χ4n) is 3.80. The van der Waals surface area contributed by atoms with Gasteiger partial charge in [0.05, 0.1) is 5.69 Å². The van der Waals surface area contributed by atoms with Crippen molar-refractivity contribution in [3.8, 4) is 5.69 Å². The van der Waals surface area contributed by atoms with E-state index in [1.807, 2.05) is 0 Å². The van der Waals surface area contributed by atoms with Crippen molar-refractivity contribution in [2.75, 3.05) is 39.3 Å². The smallest absolute Gasteiger partial charge is 0.272 e. The molecule has 1 saturated heterocycles. The van der Waals surface area contributed by atoms with Crippen LogP contribution in [0.5, 0.6) is 0 Å². The largest absolute Gasteiger partial charge is 0.349 e. The van der Waals surface area contributed by atoms with Gasteiger partial charge in [-0.3, -0.25) is 9.69 Å². The van der Waals surface area contributed by atoms with Gasteiger partial charge < -0.3 is 10.6 Å². The van der Waals surface area contributed by atoms with Crippen LogP contribution in [0, 0.1) is 11.6 Å². The van der Waals surface area contributed by atoms with Crippen LogP contribution in [0.4, 0.5) is 8.78 Å². The maximum Gasteiger partial charge on any atom is 0.272 e. The van der Waals surface area contributed by atoms with Gasteiger partial charge in [-0.15, -0.1) is 0 Å². The average molecular weight is 375 g/mol. The summed E-state index contributed by atoms with van der Waals surface area (Å²) < 4.78 is 28.4. The minimum Gasteiger partial charge on any atom is -0.349 e. The van der Waals surface area contributed by atoms with Crippen molar-refractivity contribution >= 4 is 5.91 Å². The first-order valence-electron chi connectivity index (χ1n) is 9.41. The molecule has 1 aliphatic heterocycles. The lowest BCUT2D eigenvalue weighted by molar-refractivity contribution is 0.0941. The predicted octanol–water partition coefficient (Wildman–Crippen LogP) is 1.27. The van der Waals surface area contributed by atoms with Gasteiger partial charge in [-0.1, -0.05) is 0 Å². The average Bonchev–Trinajstić information content (AvgIpc) is 3.27. The Morgan fingerprint density at radius 2 is 2.00 bits per heavy atom. The molecule has 2 N–H and O–H groups in total. The van der Waals surface area contributed by atoms with E-state index in [0.717, 1.165) is 75.4 Å². The zero-order valence-corrected chi connectivity index (χ0v) is 15.1. The van der Waals surface area contributed by atoms with Crippen LogP contribution in [0.3, 0.4) is 0 Å². The minimum atomic E-state index is -0.920. The summed E-state index contributed by atoms with van der Waals surface area (Å²) in [5, 5.41) is 10.7. The molecule has 6 nitrogen and oxygen atoms in total. The zero-order chi connectivity index (χ0) is 18.8. The van der Waals surface area contributed by atoms with Crippen molar-refractivity contribution in [3.63, 3.8) is 0 Å². The van der Waals surface area contributed by atoms with E-state index in [-0.39, 0.29) is 5.91 Å². The monoisotopic (exact) mass is 375 g/mol. The number of benzene rings is 1. The summed E-state index contributed by atoms with van der Waals surface area (Å²) in [5.41, 5.74) is 2.66. The Hall–Kier alpha value is -2.32. The van der Waals surface area contributed by atoms with E-state index in [0.29, 0.717) is 17.9 Å². The third-order valence-corrected chi connectivity index (χ3v) is 5.22. The first-order chi connectivity index (χ1) is 13.1. The Labute approximate surface area is 156 Å². The van der Waals surface area contributed by atoms with Crippen molar-refractivity contribution < 1.29 is 13.6 Å². The first kappa shape index (κ1) is 18.1. The lowest BCUT2D eigenvalue weighted by Gasteiger charge is -2.27. The molecule has 8 heteroatoms. The molecule has 1 aliphatic carbocycles. The maximum absolute atomic E-state index is 13.6. The second kappa shape index (κ2) is 7.74. The molecule has 4 rings (SSSR count). The molecule has 0 saturated carbocycles. The number of carbonyl (C=O) groups is 1. The normalized spacial score (nSPS) is 17.1. The molecule has 1 fully saturated rings. The van der Waals surface area contributed by atoms with Crippen LogP contribution < -0.4 is 10.6 Å². The van der Waals surface area contributed by atoms with Gasteiger partial charge in [0.15, 0.2) is 17.3 Å². The van der Waals surface area contributed by atoms with Crippen LogP contribution in [-0.4, -0.2) is 59.9 Å². The summed E-state index contributed by atoms with van der Waals surface area (Å²) in [6, 6.07) is 3.68. The lowest BCUT2D eigenvalue weighted by atomic mass is 10.2. The van der Waals surface area contributed by atoms with Crippen LogP contribution in [0.25, 0.3) is 5.69 Å². The summed E-state index contributed by atoms with van der Waals surface area (Å²) in [6.45, 7) is 5.28. The van der Waals surface area contributed by atoms with Gasteiger partial charge in [0, 0.05) is 56.6 Å². The number of fused-ring (bicyclic) bond motifs is 1. The number of carbonyl (C=O) groups excluding carboxylic acids is 1. The van der Waals surface area contributed by atoms with Gasteiger partial charge in [-0.25, -0.2) is 13.5 Å². The molecule has 27 heavy (non-hydrogen) atoms. The molecule has 1 amide bonds.